The van der Waals surface area contributed by atoms with Gasteiger partial charge in [-0.2, -0.15) is 0 Å². The highest BCUT2D eigenvalue weighted by atomic mass is 32.1. The molecular formula is C20H18N2OS. The van der Waals surface area contributed by atoms with Gasteiger partial charge >= 0.3 is 0 Å². The molecule has 0 unspecified atom stereocenters. The Bertz CT molecular complexity index is 872. The fourth-order valence-electron chi connectivity index (χ4n) is 3.21. The Morgan fingerprint density at radius 3 is 2.71 bits per heavy atom. The van der Waals surface area contributed by atoms with Crippen LogP contribution in [0.5, 0.6) is 0 Å². The van der Waals surface area contributed by atoms with E-state index in [2.05, 4.69) is 18.0 Å². The molecule has 0 radical (unpaired) electrons. The number of hydrogen-bond acceptors (Lipinski definition) is 3. The van der Waals surface area contributed by atoms with Gasteiger partial charge in [0.05, 0.1) is 0 Å². The molecule has 0 saturated heterocycles. The Morgan fingerprint density at radius 2 is 1.88 bits per heavy atom. The second-order valence-electron chi connectivity index (χ2n) is 6.10. The van der Waals surface area contributed by atoms with Crippen LogP contribution in [-0.2, 0) is 6.42 Å². The first kappa shape index (κ1) is 15.1. The van der Waals surface area contributed by atoms with Crippen LogP contribution in [-0.4, -0.2) is 16.9 Å². The molecular weight excluding hydrogens is 316 g/mol. The molecule has 3 aromatic rings. The van der Waals surface area contributed by atoms with Gasteiger partial charge < -0.3 is 4.90 Å². The van der Waals surface area contributed by atoms with Gasteiger partial charge in [0.15, 0.2) is 0 Å². The molecule has 0 N–H and O–H groups in total. The van der Waals surface area contributed by atoms with Crippen molar-refractivity contribution in [3.8, 4) is 10.6 Å². The standard InChI is InChI=1S/C20H18N2OS/c1-14-11-12-15-7-5-6-10-18(15)22(14)20(23)17-13-24-19(21-17)16-8-3-2-4-9-16/h2-10,13-14H,11-12H2,1H3/t14-/m0/s1. The van der Waals surface area contributed by atoms with Crippen LogP contribution < -0.4 is 4.90 Å². The van der Waals surface area contributed by atoms with Crippen LogP contribution in [0.1, 0.15) is 29.4 Å². The maximum atomic E-state index is 13.1. The van der Waals surface area contributed by atoms with Crippen molar-refractivity contribution in [2.24, 2.45) is 0 Å². The summed E-state index contributed by atoms with van der Waals surface area (Å²) in [4.78, 5) is 19.6. The summed E-state index contributed by atoms with van der Waals surface area (Å²) in [6, 6.07) is 18.4. The first-order valence-electron chi connectivity index (χ1n) is 8.16. The van der Waals surface area contributed by atoms with Crippen LogP contribution in [0.25, 0.3) is 10.6 Å². The molecule has 0 aliphatic carbocycles. The minimum absolute atomic E-state index is 0.00641. The summed E-state index contributed by atoms with van der Waals surface area (Å²) in [5, 5.41) is 2.76. The van der Waals surface area contributed by atoms with Crippen molar-refractivity contribution in [2.75, 3.05) is 4.90 Å². The van der Waals surface area contributed by atoms with Crippen molar-refractivity contribution >= 4 is 22.9 Å². The number of aryl methyl sites for hydroxylation is 1. The second-order valence-corrected chi connectivity index (χ2v) is 6.95. The van der Waals surface area contributed by atoms with E-state index in [0.29, 0.717) is 5.69 Å². The average molecular weight is 334 g/mol. The fourth-order valence-corrected chi connectivity index (χ4v) is 4.01. The number of anilines is 1. The number of hydrogen-bond donors (Lipinski definition) is 0. The monoisotopic (exact) mass is 334 g/mol. The number of thiazole rings is 1. The fraction of sp³-hybridized carbons (Fsp3) is 0.200. The summed E-state index contributed by atoms with van der Waals surface area (Å²) < 4.78 is 0. The topological polar surface area (TPSA) is 33.2 Å². The van der Waals surface area contributed by atoms with Crippen LogP contribution >= 0.6 is 11.3 Å². The lowest BCUT2D eigenvalue weighted by molar-refractivity contribution is 0.0971. The zero-order chi connectivity index (χ0) is 16.5. The number of nitrogens with zero attached hydrogens (tertiary/aromatic N) is 2. The highest BCUT2D eigenvalue weighted by Gasteiger charge is 2.30. The quantitative estimate of drug-likeness (QED) is 0.675. The smallest absolute Gasteiger partial charge is 0.278 e. The van der Waals surface area contributed by atoms with Crippen molar-refractivity contribution in [3.63, 3.8) is 0 Å². The van der Waals surface area contributed by atoms with Gasteiger partial charge in [0, 0.05) is 22.7 Å². The molecule has 1 atom stereocenters. The van der Waals surface area contributed by atoms with Crippen LogP contribution in [0.4, 0.5) is 5.69 Å². The minimum atomic E-state index is -0.00641. The Hall–Kier alpha value is -2.46. The first-order valence-corrected chi connectivity index (χ1v) is 9.04. The zero-order valence-corrected chi connectivity index (χ0v) is 14.3. The maximum Gasteiger partial charge on any atom is 0.278 e. The number of carbonyl (C=O) groups is 1. The molecule has 0 bridgehead atoms. The van der Waals surface area contributed by atoms with Crippen molar-refractivity contribution in [1.29, 1.82) is 0 Å². The molecule has 1 amide bonds. The summed E-state index contributed by atoms with van der Waals surface area (Å²) >= 11 is 1.52. The molecule has 1 aromatic heterocycles. The Labute approximate surface area is 145 Å². The predicted octanol–water partition coefficient (Wildman–Crippen LogP) is 4.79. The Kier molecular flexibility index (Phi) is 3.90. The molecule has 1 aliphatic heterocycles. The van der Waals surface area contributed by atoms with Crippen molar-refractivity contribution in [3.05, 3.63) is 71.2 Å². The summed E-state index contributed by atoms with van der Waals surface area (Å²) in [5.41, 5.74) is 3.84. The van der Waals surface area contributed by atoms with E-state index in [9.17, 15) is 4.79 Å². The van der Waals surface area contributed by atoms with E-state index < -0.39 is 0 Å². The summed E-state index contributed by atoms with van der Waals surface area (Å²) in [7, 11) is 0. The van der Waals surface area contributed by atoms with Crippen molar-refractivity contribution in [2.45, 2.75) is 25.8 Å². The summed E-state index contributed by atoms with van der Waals surface area (Å²) in [6.45, 7) is 2.11. The Balaban J connectivity index is 1.68. The van der Waals surface area contributed by atoms with Gasteiger partial charge in [-0.3, -0.25) is 4.79 Å². The molecule has 0 saturated carbocycles. The van der Waals surface area contributed by atoms with E-state index in [0.717, 1.165) is 29.1 Å². The van der Waals surface area contributed by atoms with Crippen molar-refractivity contribution < 1.29 is 4.79 Å². The van der Waals surface area contributed by atoms with Crippen LogP contribution in [0.2, 0.25) is 0 Å². The van der Waals surface area contributed by atoms with E-state index in [1.54, 1.807) is 0 Å². The third-order valence-electron chi connectivity index (χ3n) is 4.49. The SMILES string of the molecule is C[C@H]1CCc2ccccc2N1C(=O)c1csc(-c2ccccc2)n1. The highest BCUT2D eigenvalue weighted by Crippen LogP contribution is 2.32. The van der Waals surface area contributed by atoms with E-state index in [-0.39, 0.29) is 11.9 Å². The minimum Gasteiger partial charge on any atom is -0.304 e. The highest BCUT2D eigenvalue weighted by molar-refractivity contribution is 7.13. The Morgan fingerprint density at radius 1 is 1.12 bits per heavy atom. The normalized spacial score (nSPS) is 16.7. The van der Waals surface area contributed by atoms with Gasteiger partial charge in [-0.1, -0.05) is 48.5 Å². The summed E-state index contributed by atoms with van der Waals surface area (Å²) in [5.74, 6) is -0.00641. The molecule has 3 nitrogen and oxygen atoms in total. The lowest BCUT2D eigenvalue weighted by Crippen LogP contribution is -2.42. The lowest BCUT2D eigenvalue weighted by Gasteiger charge is -2.34. The first-order chi connectivity index (χ1) is 11.7. The molecule has 0 spiro atoms. The average Bonchev–Trinajstić information content (AvgIpc) is 3.12. The number of carbonyl (C=O) groups excluding carboxylic acids is 1. The number of para-hydroxylation sites is 1. The molecule has 2 heterocycles. The van der Waals surface area contributed by atoms with E-state index >= 15 is 0 Å². The largest absolute Gasteiger partial charge is 0.304 e. The predicted molar refractivity (Wildman–Crippen MR) is 98.6 cm³/mol. The molecule has 2 aromatic carbocycles. The molecule has 4 rings (SSSR count). The van der Waals surface area contributed by atoms with Gasteiger partial charge in [0.25, 0.3) is 5.91 Å². The third kappa shape index (κ3) is 2.63. The van der Waals surface area contributed by atoms with Gasteiger partial charge in [0.1, 0.15) is 10.7 Å². The van der Waals surface area contributed by atoms with Crippen LogP contribution in [0.15, 0.2) is 60.0 Å². The van der Waals surface area contributed by atoms with E-state index in [1.165, 1.54) is 16.9 Å². The molecule has 0 fully saturated rings. The van der Waals surface area contributed by atoms with Gasteiger partial charge in [-0.25, -0.2) is 4.98 Å². The van der Waals surface area contributed by atoms with E-state index in [1.807, 2.05) is 58.8 Å². The zero-order valence-electron chi connectivity index (χ0n) is 13.5. The van der Waals surface area contributed by atoms with Crippen LogP contribution in [0.3, 0.4) is 0 Å². The van der Waals surface area contributed by atoms with Gasteiger partial charge in [-0.05, 0) is 31.4 Å². The molecule has 24 heavy (non-hydrogen) atoms. The van der Waals surface area contributed by atoms with E-state index in [4.69, 9.17) is 0 Å². The molecule has 120 valence electrons. The molecule has 1 aliphatic rings. The van der Waals surface area contributed by atoms with Crippen molar-refractivity contribution in [1.82, 2.24) is 4.98 Å². The van der Waals surface area contributed by atoms with Gasteiger partial charge in [-0.15, -0.1) is 11.3 Å². The van der Waals surface area contributed by atoms with Crippen LogP contribution in [0, 0.1) is 0 Å². The number of aromatic nitrogens is 1. The number of fused-ring (bicyclic) bond motifs is 1. The second kappa shape index (κ2) is 6.21. The third-order valence-corrected chi connectivity index (χ3v) is 5.38. The summed E-state index contributed by atoms with van der Waals surface area (Å²) in [6.07, 6.45) is 2.01. The number of amides is 1. The number of benzene rings is 2. The number of rotatable bonds is 2. The maximum absolute atomic E-state index is 13.1. The molecule has 4 heteroatoms. The van der Waals surface area contributed by atoms with Gasteiger partial charge in [0.2, 0.25) is 0 Å². The lowest BCUT2D eigenvalue weighted by atomic mass is 9.96.